The van der Waals surface area contributed by atoms with Gasteiger partial charge in [0, 0.05) is 12.5 Å². The maximum atomic E-state index is 14.1. The number of nitrogens with zero attached hydrogens (tertiary/aromatic N) is 1. The summed E-state index contributed by atoms with van der Waals surface area (Å²) in [6.07, 6.45) is -5.27. The van der Waals surface area contributed by atoms with Gasteiger partial charge < -0.3 is 9.84 Å². The first kappa shape index (κ1) is 27.3. The lowest BCUT2D eigenvalue weighted by atomic mass is 10.0. The molecular weight excluding hydrogens is 540 g/mol. The normalized spacial score (nSPS) is 15.6. The van der Waals surface area contributed by atoms with Crippen molar-refractivity contribution in [2.24, 2.45) is 0 Å². The molecule has 1 aliphatic heterocycles. The van der Waals surface area contributed by atoms with Crippen LogP contribution in [0.2, 0.25) is 0 Å². The summed E-state index contributed by atoms with van der Waals surface area (Å²) in [5, 5.41) is 9.14. The van der Waals surface area contributed by atoms with Crippen LogP contribution in [0.1, 0.15) is 24.0 Å². The maximum absolute atomic E-state index is 14.1. The molecule has 3 aromatic carbocycles. The lowest BCUT2D eigenvalue weighted by Crippen LogP contribution is -2.38. The second kappa shape index (κ2) is 10.2. The molecule has 1 atom stereocenters. The van der Waals surface area contributed by atoms with Gasteiger partial charge in [-0.05, 0) is 65.9 Å². The molecule has 4 rings (SSSR count). The molecule has 6 nitrogen and oxygen atoms in total. The first-order chi connectivity index (χ1) is 17.8. The zero-order valence-corrected chi connectivity index (χ0v) is 20.1. The molecule has 0 saturated heterocycles. The van der Waals surface area contributed by atoms with E-state index in [9.17, 15) is 39.6 Å². The van der Waals surface area contributed by atoms with Crippen molar-refractivity contribution in [2.45, 2.75) is 43.0 Å². The largest absolute Gasteiger partial charge is 0.481 e. The maximum Gasteiger partial charge on any atom is 0.416 e. The monoisotopic (exact) mass is 559 g/mol. The van der Waals surface area contributed by atoms with Crippen LogP contribution in [-0.4, -0.2) is 32.1 Å². The smallest absolute Gasteiger partial charge is 0.416 e. The Hall–Kier alpha value is -3.74. The van der Waals surface area contributed by atoms with Crippen LogP contribution in [0.5, 0.6) is 5.75 Å². The first-order valence-corrected chi connectivity index (χ1v) is 12.5. The quantitative estimate of drug-likeness (QED) is 0.338. The number of aliphatic carboxylic acids is 1. The lowest BCUT2D eigenvalue weighted by molar-refractivity contribution is -0.138. The number of carbonyl (C=O) groups is 1. The van der Waals surface area contributed by atoms with E-state index in [-0.39, 0.29) is 29.7 Å². The molecule has 3 aromatic rings. The molecule has 0 radical (unpaired) electrons. The second-order valence-electron chi connectivity index (χ2n) is 8.51. The molecular formula is C25H19F6NO5S. The number of sulfonamides is 1. The topological polar surface area (TPSA) is 83.9 Å². The van der Waals surface area contributed by atoms with Crippen molar-refractivity contribution in [1.29, 1.82) is 0 Å². The van der Waals surface area contributed by atoms with Gasteiger partial charge in [-0.15, -0.1) is 0 Å². The summed E-state index contributed by atoms with van der Waals surface area (Å²) in [6, 6.07) is 9.47. The molecule has 0 aromatic heterocycles. The Morgan fingerprint density at radius 1 is 1.05 bits per heavy atom. The van der Waals surface area contributed by atoms with Crippen molar-refractivity contribution in [3.8, 4) is 16.9 Å². The molecule has 1 heterocycles. The molecule has 13 heteroatoms. The highest BCUT2D eigenvalue weighted by Gasteiger charge is 2.40. The molecule has 1 N–H and O–H groups in total. The van der Waals surface area contributed by atoms with Crippen molar-refractivity contribution in [3.05, 3.63) is 77.6 Å². The first-order valence-electron chi connectivity index (χ1n) is 11.1. The molecule has 0 saturated carbocycles. The summed E-state index contributed by atoms with van der Waals surface area (Å²) in [7, 11) is -4.62. The van der Waals surface area contributed by atoms with Crippen LogP contribution >= 0.6 is 0 Å². The van der Waals surface area contributed by atoms with Gasteiger partial charge in [0.15, 0.2) is 0 Å². The molecule has 1 unspecified atom stereocenters. The summed E-state index contributed by atoms with van der Waals surface area (Å²) in [5.74, 6) is -2.56. The van der Waals surface area contributed by atoms with Crippen molar-refractivity contribution >= 4 is 21.7 Å². The average Bonchev–Trinajstić information content (AvgIpc) is 3.20. The van der Waals surface area contributed by atoms with E-state index in [2.05, 4.69) is 4.74 Å². The average molecular weight is 559 g/mol. The number of anilines is 1. The van der Waals surface area contributed by atoms with Crippen LogP contribution < -0.4 is 9.04 Å². The summed E-state index contributed by atoms with van der Waals surface area (Å²) in [5.41, 5.74) is -0.379. The van der Waals surface area contributed by atoms with Crippen molar-refractivity contribution in [1.82, 2.24) is 0 Å². The van der Waals surface area contributed by atoms with E-state index in [0.29, 0.717) is 11.6 Å². The van der Waals surface area contributed by atoms with Crippen LogP contribution in [0.25, 0.3) is 11.1 Å². The van der Waals surface area contributed by atoms with Gasteiger partial charge in [0.1, 0.15) is 11.6 Å². The van der Waals surface area contributed by atoms with Gasteiger partial charge in [-0.1, -0.05) is 18.2 Å². The number of hydrogen-bond donors (Lipinski definition) is 1. The Labute approximate surface area is 213 Å². The van der Waals surface area contributed by atoms with Gasteiger partial charge in [0.05, 0.1) is 22.2 Å². The minimum absolute atomic E-state index is 0.0517. The molecule has 202 valence electrons. The highest BCUT2D eigenvalue weighted by atomic mass is 32.2. The number of carboxylic acid groups (broad SMARTS) is 1. The van der Waals surface area contributed by atoms with Gasteiger partial charge >= 0.3 is 18.8 Å². The standard InChI is InChI=1S/C25H19F6NO5S/c26-18-8-16(10-20(13-18)37-24(27)28)14-4-5-15-9-19(6-7-23(33)34)32(22(15)11-14)38(35,36)21-3-1-2-17(12-21)25(29,30)31/h1-5,8,10-13,19,24H,6-7,9H2,(H,33,34). The van der Waals surface area contributed by atoms with Crippen LogP contribution in [0.4, 0.5) is 32.0 Å². The van der Waals surface area contributed by atoms with E-state index in [1.807, 2.05) is 0 Å². The third kappa shape index (κ3) is 5.72. The minimum atomic E-state index is -4.81. The van der Waals surface area contributed by atoms with E-state index in [0.717, 1.165) is 40.7 Å². The van der Waals surface area contributed by atoms with E-state index in [1.54, 1.807) is 0 Å². The summed E-state index contributed by atoms with van der Waals surface area (Å²) >= 11 is 0. The predicted octanol–water partition coefficient (Wildman–Crippen LogP) is 6.10. The van der Waals surface area contributed by atoms with Crippen molar-refractivity contribution < 1.29 is 49.4 Å². The number of fused-ring (bicyclic) bond motifs is 1. The van der Waals surface area contributed by atoms with Gasteiger partial charge in [0.2, 0.25) is 0 Å². The van der Waals surface area contributed by atoms with Crippen LogP contribution in [-0.2, 0) is 27.4 Å². The van der Waals surface area contributed by atoms with Crippen LogP contribution in [0.15, 0.2) is 65.6 Å². The lowest BCUT2D eigenvalue weighted by Gasteiger charge is -2.27. The van der Waals surface area contributed by atoms with Crippen LogP contribution in [0.3, 0.4) is 0 Å². The summed E-state index contributed by atoms with van der Waals surface area (Å²) in [6.45, 7) is -3.22. The SMILES string of the molecule is O=C(O)CCC1Cc2ccc(-c3cc(F)cc(OC(F)F)c3)cc2N1S(=O)(=O)c1cccc(C(F)(F)F)c1. The van der Waals surface area contributed by atoms with E-state index < -0.39 is 63.3 Å². The predicted molar refractivity (Wildman–Crippen MR) is 124 cm³/mol. The number of rotatable bonds is 8. The molecule has 0 fully saturated rings. The Balaban J connectivity index is 1.82. The molecule has 0 spiro atoms. The number of alkyl halides is 5. The van der Waals surface area contributed by atoms with E-state index in [4.69, 9.17) is 5.11 Å². The number of ether oxygens (including phenoxy) is 1. The fourth-order valence-electron chi connectivity index (χ4n) is 4.34. The fraction of sp³-hybridized carbons (Fsp3) is 0.240. The Morgan fingerprint density at radius 3 is 2.45 bits per heavy atom. The number of halogens is 6. The number of benzene rings is 3. The number of hydrogen-bond acceptors (Lipinski definition) is 4. The minimum Gasteiger partial charge on any atom is -0.481 e. The summed E-state index contributed by atoms with van der Waals surface area (Å²) < 4.78 is 112. The third-order valence-electron chi connectivity index (χ3n) is 5.95. The van der Waals surface area contributed by atoms with Gasteiger partial charge in [-0.25, -0.2) is 12.8 Å². The molecule has 0 aliphatic carbocycles. The second-order valence-corrected chi connectivity index (χ2v) is 10.3. The third-order valence-corrected chi connectivity index (χ3v) is 7.81. The van der Waals surface area contributed by atoms with Crippen LogP contribution in [0, 0.1) is 5.82 Å². The number of carboxylic acids is 1. The van der Waals surface area contributed by atoms with Crippen molar-refractivity contribution in [2.75, 3.05) is 4.31 Å². The highest BCUT2D eigenvalue weighted by molar-refractivity contribution is 7.92. The Kier molecular flexibility index (Phi) is 7.33. The van der Waals surface area contributed by atoms with E-state index in [1.165, 1.54) is 18.2 Å². The fourth-order valence-corrected chi connectivity index (χ4v) is 6.09. The molecule has 1 aliphatic rings. The Morgan fingerprint density at radius 2 is 1.79 bits per heavy atom. The van der Waals surface area contributed by atoms with Gasteiger partial charge in [0.25, 0.3) is 10.0 Å². The van der Waals surface area contributed by atoms with E-state index >= 15 is 0 Å². The van der Waals surface area contributed by atoms with Gasteiger partial charge in [-0.2, -0.15) is 22.0 Å². The van der Waals surface area contributed by atoms with Crippen molar-refractivity contribution in [3.63, 3.8) is 0 Å². The van der Waals surface area contributed by atoms with Gasteiger partial charge in [-0.3, -0.25) is 9.10 Å². The molecule has 0 bridgehead atoms. The zero-order valence-electron chi connectivity index (χ0n) is 19.3. The molecule has 38 heavy (non-hydrogen) atoms. The highest BCUT2D eigenvalue weighted by Crippen LogP contribution is 2.42. The Bertz CT molecular complexity index is 1480. The molecule has 0 amide bonds. The summed E-state index contributed by atoms with van der Waals surface area (Å²) in [4.78, 5) is 10.5. The zero-order chi connectivity index (χ0) is 27.8.